The van der Waals surface area contributed by atoms with Crippen LogP contribution in [0.2, 0.25) is 0 Å². The minimum absolute atomic E-state index is 0.288. The van der Waals surface area contributed by atoms with Gasteiger partial charge in [-0.3, -0.25) is 5.10 Å². The molecule has 0 saturated carbocycles. The molecule has 2 aromatic rings. The standard InChI is InChI=1S/C14H15BrN2O4/c1-4-21-14(18)11-7-10(16-17-11)8-5-13(20-3)9(15)6-12(8)19-2/h5-7H,4H2,1-3H3,(H,16,17). The third-order valence-electron chi connectivity index (χ3n) is 2.82. The maximum atomic E-state index is 11.7. The first-order valence-corrected chi connectivity index (χ1v) is 7.04. The minimum Gasteiger partial charge on any atom is -0.496 e. The van der Waals surface area contributed by atoms with Crippen molar-refractivity contribution in [1.29, 1.82) is 0 Å². The molecule has 0 amide bonds. The summed E-state index contributed by atoms with van der Waals surface area (Å²) in [6.07, 6.45) is 0. The van der Waals surface area contributed by atoms with E-state index in [4.69, 9.17) is 14.2 Å². The molecule has 1 aromatic heterocycles. The van der Waals surface area contributed by atoms with Crippen molar-refractivity contribution in [3.63, 3.8) is 0 Å². The van der Waals surface area contributed by atoms with Crippen LogP contribution in [-0.2, 0) is 4.74 Å². The maximum absolute atomic E-state index is 11.7. The van der Waals surface area contributed by atoms with E-state index in [0.29, 0.717) is 29.4 Å². The zero-order chi connectivity index (χ0) is 15.4. The second-order valence-corrected chi connectivity index (χ2v) is 4.93. The zero-order valence-corrected chi connectivity index (χ0v) is 13.5. The average molecular weight is 355 g/mol. The van der Waals surface area contributed by atoms with Gasteiger partial charge in [0.2, 0.25) is 0 Å². The molecular formula is C14H15BrN2O4. The lowest BCUT2D eigenvalue weighted by molar-refractivity contribution is 0.0519. The number of benzene rings is 1. The minimum atomic E-state index is -0.445. The van der Waals surface area contributed by atoms with Crippen molar-refractivity contribution in [3.05, 3.63) is 28.4 Å². The van der Waals surface area contributed by atoms with Gasteiger partial charge in [0.15, 0.2) is 0 Å². The predicted octanol–water partition coefficient (Wildman–Crippen LogP) is 3.03. The smallest absolute Gasteiger partial charge is 0.356 e. The number of rotatable bonds is 5. The van der Waals surface area contributed by atoms with Crippen LogP contribution in [-0.4, -0.2) is 37.0 Å². The largest absolute Gasteiger partial charge is 0.496 e. The van der Waals surface area contributed by atoms with E-state index in [-0.39, 0.29) is 5.69 Å². The van der Waals surface area contributed by atoms with Gasteiger partial charge < -0.3 is 14.2 Å². The van der Waals surface area contributed by atoms with E-state index in [0.717, 1.165) is 4.47 Å². The lowest BCUT2D eigenvalue weighted by Crippen LogP contribution is -2.04. The lowest BCUT2D eigenvalue weighted by Gasteiger charge is -2.10. The highest BCUT2D eigenvalue weighted by Gasteiger charge is 2.17. The van der Waals surface area contributed by atoms with E-state index < -0.39 is 5.97 Å². The Hall–Kier alpha value is -2.02. The highest BCUT2D eigenvalue weighted by molar-refractivity contribution is 9.10. The molecule has 0 fully saturated rings. The molecule has 0 bridgehead atoms. The SMILES string of the molecule is CCOC(=O)c1cc(-c2cc(OC)c(Br)cc2OC)n[nH]1. The molecule has 0 spiro atoms. The fraction of sp³-hybridized carbons (Fsp3) is 0.286. The molecule has 0 saturated heterocycles. The fourth-order valence-electron chi connectivity index (χ4n) is 1.83. The number of carbonyl (C=O) groups excluding carboxylic acids is 1. The molecule has 2 rings (SSSR count). The molecule has 7 heteroatoms. The molecule has 0 unspecified atom stereocenters. The molecule has 1 N–H and O–H groups in total. The van der Waals surface area contributed by atoms with Crippen LogP contribution >= 0.6 is 15.9 Å². The van der Waals surface area contributed by atoms with Gasteiger partial charge in [-0.1, -0.05) is 0 Å². The van der Waals surface area contributed by atoms with Crippen molar-refractivity contribution in [2.45, 2.75) is 6.92 Å². The van der Waals surface area contributed by atoms with E-state index >= 15 is 0 Å². The highest BCUT2D eigenvalue weighted by Crippen LogP contribution is 2.38. The van der Waals surface area contributed by atoms with Gasteiger partial charge in [-0.15, -0.1) is 0 Å². The Morgan fingerprint density at radius 1 is 1.24 bits per heavy atom. The van der Waals surface area contributed by atoms with Crippen molar-refractivity contribution >= 4 is 21.9 Å². The number of carbonyl (C=O) groups is 1. The number of nitrogens with one attached hydrogen (secondary N) is 1. The summed E-state index contributed by atoms with van der Waals surface area (Å²) in [6, 6.07) is 5.18. The Kier molecular flexibility index (Phi) is 4.85. The van der Waals surface area contributed by atoms with Crippen LogP contribution in [0.4, 0.5) is 0 Å². The number of hydrogen-bond acceptors (Lipinski definition) is 5. The normalized spacial score (nSPS) is 10.3. The maximum Gasteiger partial charge on any atom is 0.356 e. The Balaban J connectivity index is 2.44. The first kappa shape index (κ1) is 15.4. The van der Waals surface area contributed by atoms with Gasteiger partial charge in [0, 0.05) is 5.56 Å². The monoisotopic (exact) mass is 354 g/mol. The van der Waals surface area contributed by atoms with Gasteiger partial charge in [0.25, 0.3) is 0 Å². The van der Waals surface area contributed by atoms with Crippen molar-refractivity contribution in [2.75, 3.05) is 20.8 Å². The van der Waals surface area contributed by atoms with Crippen LogP contribution in [0.15, 0.2) is 22.7 Å². The molecule has 0 aliphatic carbocycles. The summed E-state index contributed by atoms with van der Waals surface area (Å²) in [6.45, 7) is 2.06. The summed E-state index contributed by atoms with van der Waals surface area (Å²) >= 11 is 3.40. The van der Waals surface area contributed by atoms with Crippen LogP contribution in [0, 0.1) is 0 Å². The second-order valence-electron chi connectivity index (χ2n) is 4.07. The van der Waals surface area contributed by atoms with Crippen LogP contribution in [0.25, 0.3) is 11.3 Å². The number of aromatic amines is 1. The molecule has 0 radical (unpaired) electrons. The molecule has 1 aromatic carbocycles. The first-order chi connectivity index (χ1) is 10.1. The van der Waals surface area contributed by atoms with Gasteiger partial charge in [0.05, 0.1) is 31.0 Å². The van der Waals surface area contributed by atoms with E-state index in [1.807, 2.05) is 0 Å². The molecular weight excluding hydrogens is 340 g/mol. The van der Waals surface area contributed by atoms with E-state index in [9.17, 15) is 4.79 Å². The van der Waals surface area contributed by atoms with Crippen LogP contribution < -0.4 is 9.47 Å². The number of ether oxygens (including phenoxy) is 3. The summed E-state index contributed by atoms with van der Waals surface area (Å²) in [7, 11) is 3.14. The zero-order valence-electron chi connectivity index (χ0n) is 11.9. The number of esters is 1. The topological polar surface area (TPSA) is 73.4 Å². The third kappa shape index (κ3) is 3.18. The van der Waals surface area contributed by atoms with Gasteiger partial charge in [-0.25, -0.2) is 4.79 Å². The van der Waals surface area contributed by atoms with Crippen molar-refractivity contribution < 1.29 is 19.0 Å². The van der Waals surface area contributed by atoms with Crippen LogP contribution in [0.3, 0.4) is 0 Å². The Labute approximate surface area is 130 Å². The summed E-state index contributed by atoms with van der Waals surface area (Å²) < 4.78 is 16.3. The molecule has 1 heterocycles. The summed E-state index contributed by atoms with van der Waals surface area (Å²) in [5, 5.41) is 6.79. The van der Waals surface area contributed by atoms with Gasteiger partial charge >= 0.3 is 5.97 Å². The highest BCUT2D eigenvalue weighted by atomic mass is 79.9. The van der Waals surface area contributed by atoms with Crippen molar-refractivity contribution in [1.82, 2.24) is 10.2 Å². The number of nitrogens with zero attached hydrogens (tertiary/aromatic N) is 1. The predicted molar refractivity (Wildman–Crippen MR) is 80.8 cm³/mol. The van der Waals surface area contributed by atoms with Crippen molar-refractivity contribution in [3.8, 4) is 22.8 Å². The molecule has 6 nitrogen and oxygen atoms in total. The van der Waals surface area contributed by atoms with Gasteiger partial charge in [-0.05, 0) is 41.1 Å². The summed E-state index contributed by atoms with van der Waals surface area (Å²) in [5.74, 6) is 0.815. The number of methoxy groups -OCH3 is 2. The van der Waals surface area contributed by atoms with Crippen LogP contribution in [0.5, 0.6) is 11.5 Å². The Morgan fingerprint density at radius 3 is 2.57 bits per heavy atom. The fourth-order valence-corrected chi connectivity index (χ4v) is 2.32. The Bertz CT molecular complexity index is 654. The number of halogens is 1. The Morgan fingerprint density at radius 2 is 1.95 bits per heavy atom. The molecule has 0 atom stereocenters. The van der Waals surface area contributed by atoms with E-state index in [1.165, 1.54) is 0 Å². The van der Waals surface area contributed by atoms with Crippen LogP contribution in [0.1, 0.15) is 17.4 Å². The second kappa shape index (κ2) is 6.62. The first-order valence-electron chi connectivity index (χ1n) is 6.25. The molecule has 112 valence electrons. The van der Waals surface area contributed by atoms with E-state index in [2.05, 4.69) is 26.1 Å². The summed E-state index contributed by atoms with van der Waals surface area (Å²) in [5.41, 5.74) is 1.57. The average Bonchev–Trinajstić information content (AvgIpc) is 2.96. The molecule has 0 aliphatic heterocycles. The van der Waals surface area contributed by atoms with Crippen molar-refractivity contribution in [2.24, 2.45) is 0 Å². The number of H-pyrrole nitrogens is 1. The third-order valence-corrected chi connectivity index (χ3v) is 3.44. The van der Waals surface area contributed by atoms with Gasteiger partial charge in [-0.2, -0.15) is 5.10 Å². The lowest BCUT2D eigenvalue weighted by atomic mass is 10.1. The number of aromatic nitrogens is 2. The quantitative estimate of drug-likeness (QED) is 0.835. The summed E-state index contributed by atoms with van der Waals surface area (Å²) in [4.78, 5) is 11.7. The van der Waals surface area contributed by atoms with Gasteiger partial charge in [0.1, 0.15) is 17.2 Å². The molecule has 21 heavy (non-hydrogen) atoms. The number of hydrogen-bond donors (Lipinski definition) is 1. The van der Waals surface area contributed by atoms with E-state index in [1.54, 1.807) is 39.3 Å². The molecule has 0 aliphatic rings.